The second-order valence-corrected chi connectivity index (χ2v) is 5.07. The van der Waals surface area contributed by atoms with Gasteiger partial charge in [-0.25, -0.2) is 0 Å². The Bertz CT molecular complexity index is 128. The lowest BCUT2D eigenvalue weighted by atomic mass is 9.91. The lowest BCUT2D eigenvalue weighted by Crippen LogP contribution is -2.09. The quantitative estimate of drug-likeness (QED) is 0.626. The third-order valence-electron chi connectivity index (χ3n) is 2.78. The first-order valence-corrected chi connectivity index (χ1v) is 6.30. The van der Waals surface area contributed by atoms with E-state index in [0.29, 0.717) is 6.10 Å². The fourth-order valence-electron chi connectivity index (χ4n) is 1.88. The summed E-state index contributed by atoms with van der Waals surface area (Å²) >= 11 is 2.11. The van der Waals surface area contributed by atoms with Crippen molar-refractivity contribution in [1.29, 1.82) is 0 Å². The minimum atomic E-state index is 0.624. The monoisotopic (exact) mass is 186 g/mol. The Morgan fingerprint density at radius 1 is 1.08 bits per heavy atom. The topological polar surface area (TPSA) is 12.5 Å². The van der Waals surface area contributed by atoms with Crippen molar-refractivity contribution in [3.63, 3.8) is 0 Å². The molecule has 0 amide bonds. The van der Waals surface area contributed by atoms with Crippen LogP contribution in [0.5, 0.6) is 0 Å². The van der Waals surface area contributed by atoms with Crippen molar-refractivity contribution in [1.82, 2.24) is 0 Å². The first-order valence-electron chi connectivity index (χ1n) is 5.14. The Balaban J connectivity index is 1.52. The van der Waals surface area contributed by atoms with E-state index >= 15 is 0 Å². The van der Waals surface area contributed by atoms with Gasteiger partial charge in [-0.15, -0.1) is 0 Å². The number of ether oxygens (including phenoxy) is 1. The van der Waals surface area contributed by atoms with Crippen molar-refractivity contribution in [2.75, 3.05) is 18.1 Å². The molecule has 1 nitrogen and oxygen atoms in total. The van der Waals surface area contributed by atoms with Crippen LogP contribution in [0.1, 0.15) is 32.1 Å². The van der Waals surface area contributed by atoms with Crippen LogP contribution in [0, 0.1) is 5.92 Å². The summed E-state index contributed by atoms with van der Waals surface area (Å²) < 4.78 is 5.18. The molecule has 2 heteroatoms. The van der Waals surface area contributed by atoms with Gasteiger partial charge in [0.05, 0.1) is 12.7 Å². The molecular weight excluding hydrogens is 168 g/mol. The van der Waals surface area contributed by atoms with Crippen molar-refractivity contribution in [3.05, 3.63) is 0 Å². The molecule has 1 saturated carbocycles. The zero-order valence-electron chi connectivity index (χ0n) is 7.63. The van der Waals surface area contributed by atoms with E-state index in [2.05, 4.69) is 11.8 Å². The molecule has 2 rings (SSSR count). The third kappa shape index (κ3) is 2.98. The maximum absolute atomic E-state index is 5.18. The van der Waals surface area contributed by atoms with Crippen LogP contribution in [0.15, 0.2) is 0 Å². The molecule has 0 radical (unpaired) electrons. The van der Waals surface area contributed by atoms with Crippen LogP contribution < -0.4 is 0 Å². The lowest BCUT2D eigenvalue weighted by molar-refractivity contribution is 0.390. The average Bonchev–Trinajstić information content (AvgIpc) is 2.90. The molecule has 1 saturated heterocycles. The van der Waals surface area contributed by atoms with Gasteiger partial charge in [-0.3, -0.25) is 0 Å². The van der Waals surface area contributed by atoms with E-state index in [9.17, 15) is 0 Å². The molecule has 1 aliphatic carbocycles. The Morgan fingerprint density at radius 2 is 1.83 bits per heavy atom. The van der Waals surface area contributed by atoms with Crippen molar-refractivity contribution in [3.8, 4) is 0 Å². The predicted molar refractivity (Wildman–Crippen MR) is 53.6 cm³/mol. The number of rotatable bonds is 4. The van der Waals surface area contributed by atoms with E-state index in [4.69, 9.17) is 4.74 Å². The summed E-state index contributed by atoms with van der Waals surface area (Å²) in [5, 5.41) is 0. The lowest BCUT2D eigenvalue weighted by Gasteiger charge is -2.20. The summed E-state index contributed by atoms with van der Waals surface area (Å²) in [7, 11) is 0. The van der Waals surface area contributed by atoms with E-state index in [0.717, 1.165) is 12.5 Å². The van der Waals surface area contributed by atoms with Crippen LogP contribution in [-0.2, 0) is 4.74 Å². The van der Waals surface area contributed by atoms with Gasteiger partial charge in [0.2, 0.25) is 0 Å². The summed E-state index contributed by atoms with van der Waals surface area (Å²) in [5.41, 5.74) is 0. The van der Waals surface area contributed by atoms with Crippen molar-refractivity contribution in [2.24, 2.45) is 5.92 Å². The van der Waals surface area contributed by atoms with Gasteiger partial charge in [-0.2, -0.15) is 11.8 Å². The fraction of sp³-hybridized carbons (Fsp3) is 1.00. The van der Waals surface area contributed by atoms with Crippen LogP contribution in [0.25, 0.3) is 0 Å². The minimum Gasteiger partial charge on any atom is -0.372 e. The molecule has 0 bridgehead atoms. The largest absolute Gasteiger partial charge is 0.372 e. The van der Waals surface area contributed by atoms with Gasteiger partial charge in [0.25, 0.3) is 0 Å². The Morgan fingerprint density at radius 3 is 2.50 bits per heavy atom. The zero-order chi connectivity index (χ0) is 8.23. The molecule has 2 fully saturated rings. The molecule has 1 atom stereocenters. The summed E-state index contributed by atoms with van der Waals surface area (Å²) in [6.07, 6.45) is 8.03. The van der Waals surface area contributed by atoms with Crippen molar-refractivity contribution >= 4 is 11.8 Å². The fourth-order valence-corrected chi connectivity index (χ4v) is 3.14. The summed E-state index contributed by atoms with van der Waals surface area (Å²) in [6, 6.07) is 0. The maximum atomic E-state index is 5.18. The molecule has 0 N–H and O–H groups in total. The van der Waals surface area contributed by atoms with E-state index in [1.165, 1.54) is 43.6 Å². The Kier molecular flexibility index (Phi) is 3.35. The Hall–Kier alpha value is 0.310. The molecule has 0 aromatic carbocycles. The molecular formula is C10H18OS. The van der Waals surface area contributed by atoms with Crippen LogP contribution in [0.2, 0.25) is 0 Å². The predicted octanol–water partition coefficient (Wildman–Crippen LogP) is 2.70. The van der Waals surface area contributed by atoms with Gasteiger partial charge in [0, 0.05) is 5.75 Å². The highest BCUT2D eigenvalue weighted by Gasteiger charge is 2.22. The minimum absolute atomic E-state index is 0.624. The summed E-state index contributed by atoms with van der Waals surface area (Å²) in [4.78, 5) is 0. The normalized spacial score (nSPS) is 30.5. The SMILES string of the molecule is C1CCC(CSCC2CO2)CC1. The molecule has 1 heterocycles. The number of epoxide rings is 1. The van der Waals surface area contributed by atoms with Crippen molar-refractivity contribution in [2.45, 2.75) is 38.2 Å². The zero-order valence-corrected chi connectivity index (χ0v) is 8.44. The van der Waals surface area contributed by atoms with Crippen LogP contribution >= 0.6 is 11.8 Å². The second-order valence-electron chi connectivity index (χ2n) is 4.00. The molecule has 70 valence electrons. The van der Waals surface area contributed by atoms with Gasteiger partial charge in [0.1, 0.15) is 0 Å². The average molecular weight is 186 g/mol. The van der Waals surface area contributed by atoms with Gasteiger partial charge in [-0.05, 0) is 24.5 Å². The third-order valence-corrected chi connectivity index (χ3v) is 4.10. The van der Waals surface area contributed by atoms with Crippen LogP contribution in [0.3, 0.4) is 0 Å². The van der Waals surface area contributed by atoms with E-state index in [-0.39, 0.29) is 0 Å². The van der Waals surface area contributed by atoms with E-state index in [1.807, 2.05) is 0 Å². The van der Waals surface area contributed by atoms with Gasteiger partial charge < -0.3 is 4.74 Å². The highest BCUT2D eigenvalue weighted by molar-refractivity contribution is 7.99. The summed E-state index contributed by atoms with van der Waals surface area (Å²) in [5.74, 6) is 3.67. The maximum Gasteiger partial charge on any atom is 0.0900 e. The summed E-state index contributed by atoms with van der Waals surface area (Å²) in [6.45, 7) is 1.03. The molecule has 2 aliphatic rings. The van der Waals surface area contributed by atoms with E-state index < -0.39 is 0 Å². The molecule has 0 aromatic heterocycles. The highest BCUT2D eigenvalue weighted by Crippen LogP contribution is 2.28. The molecule has 0 aromatic rings. The Labute approximate surface area is 79.2 Å². The van der Waals surface area contributed by atoms with Crippen LogP contribution in [0.4, 0.5) is 0 Å². The standard InChI is InChI=1S/C10H18OS/c1-2-4-9(5-3-1)7-12-8-10-6-11-10/h9-10H,1-8H2. The van der Waals surface area contributed by atoms with Crippen LogP contribution in [-0.4, -0.2) is 24.2 Å². The molecule has 1 unspecified atom stereocenters. The number of hydrogen-bond donors (Lipinski definition) is 0. The first kappa shape index (κ1) is 8.89. The molecule has 0 spiro atoms. The smallest absolute Gasteiger partial charge is 0.0900 e. The highest BCUT2D eigenvalue weighted by atomic mass is 32.2. The molecule has 1 aliphatic heterocycles. The number of thioether (sulfide) groups is 1. The van der Waals surface area contributed by atoms with Gasteiger partial charge in [0.15, 0.2) is 0 Å². The van der Waals surface area contributed by atoms with E-state index in [1.54, 1.807) is 0 Å². The first-order chi connectivity index (χ1) is 5.95. The van der Waals surface area contributed by atoms with Crippen molar-refractivity contribution < 1.29 is 4.74 Å². The van der Waals surface area contributed by atoms with Gasteiger partial charge >= 0.3 is 0 Å². The van der Waals surface area contributed by atoms with Gasteiger partial charge in [-0.1, -0.05) is 19.3 Å². The molecule has 12 heavy (non-hydrogen) atoms. The second kappa shape index (κ2) is 4.52. The number of hydrogen-bond acceptors (Lipinski definition) is 2.